The van der Waals surface area contributed by atoms with Gasteiger partial charge in [0.15, 0.2) is 5.96 Å². The number of anilines is 1. The third-order valence-electron chi connectivity index (χ3n) is 5.01. The van der Waals surface area contributed by atoms with Gasteiger partial charge in [0.25, 0.3) is 0 Å². The number of methoxy groups -OCH3 is 1. The molecule has 0 saturated carbocycles. The molecule has 1 aliphatic rings. The molecule has 0 radical (unpaired) electrons. The molecule has 166 valence electrons. The van der Waals surface area contributed by atoms with Crippen LogP contribution in [0.3, 0.4) is 0 Å². The molecular formula is C20H38IN7O. The SMILES string of the molecule is CN=C(NCCN(C)CCCOC)NCc1cccnc1N1CCN(C)CC1.I. The van der Waals surface area contributed by atoms with E-state index >= 15 is 0 Å². The predicted octanol–water partition coefficient (Wildman–Crippen LogP) is 1.08. The first kappa shape index (κ1) is 25.9. The lowest BCUT2D eigenvalue weighted by atomic mass is 10.2. The molecule has 0 bridgehead atoms. The summed E-state index contributed by atoms with van der Waals surface area (Å²) in [5.41, 5.74) is 1.20. The average molecular weight is 519 g/mol. The van der Waals surface area contributed by atoms with Crippen LogP contribution in [0.1, 0.15) is 12.0 Å². The lowest BCUT2D eigenvalue weighted by molar-refractivity contribution is 0.180. The fourth-order valence-electron chi connectivity index (χ4n) is 3.23. The summed E-state index contributed by atoms with van der Waals surface area (Å²) in [5.74, 6) is 1.90. The largest absolute Gasteiger partial charge is 0.385 e. The van der Waals surface area contributed by atoms with Crippen molar-refractivity contribution in [2.75, 3.05) is 85.6 Å². The molecule has 1 aromatic rings. The van der Waals surface area contributed by atoms with E-state index in [-0.39, 0.29) is 24.0 Å². The van der Waals surface area contributed by atoms with E-state index in [1.165, 1.54) is 5.56 Å². The maximum absolute atomic E-state index is 5.10. The molecule has 0 aliphatic carbocycles. The van der Waals surface area contributed by atoms with Crippen molar-refractivity contribution in [1.82, 2.24) is 25.4 Å². The van der Waals surface area contributed by atoms with Crippen molar-refractivity contribution < 1.29 is 4.74 Å². The van der Waals surface area contributed by atoms with Crippen molar-refractivity contribution in [3.8, 4) is 0 Å². The summed E-state index contributed by atoms with van der Waals surface area (Å²) in [6, 6.07) is 4.15. The molecule has 9 heteroatoms. The summed E-state index contributed by atoms with van der Waals surface area (Å²) in [6.45, 7) is 8.54. The minimum absolute atomic E-state index is 0. The summed E-state index contributed by atoms with van der Waals surface area (Å²) in [6.07, 6.45) is 2.93. The molecule has 1 aliphatic heterocycles. The number of nitrogens with one attached hydrogen (secondary N) is 2. The molecule has 0 aromatic carbocycles. The van der Waals surface area contributed by atoms with E-state index in [4.69, 9.17) is 4.74 Å². The van der Waals surface area contributed by atoms with Crippen molar-refractivity contribution in [2.45, 2.75) is 13.0 Å². The quantitative estimate of drug-likeness (QED) is 0.208. The van der Waals surface area contributed by atoms with Crippen LogP contribution in [0.4, 0.5) is 5.82 Å². The van der Waals surface area contributed by atoms with Gasteiger partial charge in [0.2, 0.25) is 0 Å². The Hall–Kier alpha value is -1.17. The Kier molecular flexibility index (Phi) is 13.2. The Morgan fingerprint density at radius 2 is 2.00 bits per heavy atom. The Labute approximate surface area is 193 Å². The van der Waals surface area contributed by atoms with Crippen LogP contribution in [0.15, 0.2) is 23.3 Å². The number of nitrogens with zero attached hydrogens (tertiary/aromatic N) is 5. The van der Waals surface area contributed by atoms with Gasteiger partial charge in [-0.15, -0.1) is 24.0 Å². The smallest absolute Gasteiger partial charge is 0.191 e. The third-order valence-corrected chi connectivity index (χ3v) is 5.01. The topological polar surface area (TPSA) is 68.3 Å². The first-order valence-electron chi connectivity index (χ1n) is 10.1. The van der Waals surface area contributed by atoms with E-state index in [9.17, 15) is 0 Å². The van der Waals surface area contributed by atoms with Crippen LogP contribution in [0.5, 0.6) is 0 Å². The molecular weight excluding hydrogens is 481 g/mol. The second kappa shape index (κ2) is 14.8. The highest BCUT2D eigenvalue weighted by Gasteiger charge is 2.17. The highest BCUT2D eigenvalue weighted by Crippen LogP contribution is 2.18. The average Bonchev–Trinajstić information content (AvgIpc) is 2.71. The predicted molar refractivity (Wildman–Crippen MR) is 132 cm³/mol. The molecule has 8 nitrogen and oxygen atoms in total. The van der Waals surface area contributed by atoms with Crippen molar-refractivity contribution >= 4 is 35.8 Å². The molecule has 29 heavy (non-hydrogen) atoms. The second-order valence-electron chi connectivity index (χ2n) is 7.28. The Bertz CT molecular complexity index is 594. The summed E-state index contributed by atoms with van der Waals surface area (Å²) < 4.78 is 5.10. The summed E-state index contributed by atoms with van der Waals surface area (Å²) in [4.78, 5) is 16.0. The molecule has 1 saturated heterocycles. The van der Waals surface area contributed by atoms with Gasteiger partial charge in [0.1, 0.15) is 5.82 Å². The molecule has 1 fully saturated rings. The van der Waals surface area contributed by atoms with E-state index in [0.29, 0.717) is 6.54 Å². The molecule has 0 atom stereocenters. The standard InChI is InChI=1S/C20H37N7O.HI/c1-21-20(23-9-11-25(2)10-6-16-28-4)24-17-18-7-5-8-22-19(18)27-14-12-26(3)13-15-27;/h5,7-8H,6,9-17H2,1-4H3,(H2,21,23,24);1H. The Morgan fingerprint density at radius 3 is 2.69 bits per heavy atom. The zero-order valence-corrected chi connectivity index (χ0v) is 20.7. The van der Waals surface area contributed by atoms with Crippen LogP contribution in [0.25, 0.3) is 0 Å². The number of rotatable bonds is 10. The zero-order chi connectivity index (χ0) is 20.2. The zero-order valence-electron chi connectivity index (χ0n) is 18.4. The van der Waals surface area contributed by atoms with Gasteiger partial charge in [0, 0.05) is 84.9 Å². The Balaban J connectivity index is 0.00000420. The van der Waals surface area contributed by atoms with Crippen LogP contribution in [-0.4, -0.2) is 101 Å². The number of aromatic nitrogens is 1. The summed E-state index contributed by atoms with van der Waals surface area (Å²) >= 11 is 0. The van der Waals surface area contributed by atoms with Crippen molar-refractivity contribution in [2.24, 2.45) is 4.99 Å². The highest BCUT2D eigenvalue weighted by molar-refractivity contribution is 14.0. The lowest BCUT2D eigenvalue weighted by Crippen LogP contribution is -2.45. The molecule has 2 N–H and O–H groups in total. The first-order valence-corrected chi connectivity index (χ1v) is 10.1. The molecule has 2 rings (SSSR count). The van der Waals surface area contributed by atoms with Crippen LogP contribution in [0, 0.1) is 0 Å². The maximum Gasteiger partial charge on any atom is 0.191 e. The number of guanidine groups is 1. The monoisotopic (exact) mass is 519 g/mol. The third kappa shape index (κ3) is 9.45. The van der Waals surface area contributed by atoms with Crippen molar-refractivity contribution in [3.63, 3.8) is 0 Å². The van der Waals surface area contributed by atoms with Gasteiger partial charge in [-0.05, 0) is 26.6 Å². The molecule has 1 aromatic heterocycles. The highest BCUT2D eigenvalue weighted by atomic mass is 127. The van der Waals surface area contributed by atoms with Crippen LogP contribution >= 0.6 is 24.0 Å². The number of hydrogen-bond donors (Lipinski definition) is 2. The molecule has 2 heterocycles. The second-order valence-corrected chi connectivity index (χ2v) is 7.28. The van der Waals surface area contributed by atoms with Gasteiger partial charge in [-0.3, -0.25) is 4.99 Å². The van der Waals surface area contributed by atoms with Gasteiger partial charge in [0.05, 0.1) is 0 Å². The van der Waals surface area contributed by atoms with Crippen LogP contribution < -0.4 is 15.5 Å². The van der Waals surface area contributed by atoms with Crippen LogP contribution in [-0.2, 0) is 11.3 Å². The molecule has 0 spiro atoms. The van der Waals surface area contributed by atoms with E-state index in [1.54, 1.807) is 7.11 Å². The van der Waals surface area contributed by atoms with E-state index < -0.39 is 0 Å². The minimum Gasteiger partial charge on any atom is -0.385 e. The van der Waals surface area contributed by atoms with E-state index in [1.807, 2.05) is 19.3 Å². The van der Waals surface area contributed by atoms with Gasteiger partial charge < -0.3 is 30.1 Å². The number of aliphatic imine (C=N–C) groups is 1. The van der Waals surface area contributed by atoms with Gasteiger partial charge in [-0.1, -0.05) is 6.07 Å². The van der Waals surface area contributed by atoms with E-state index in [2.05, 4.69) is 55.5 Å². The van der Waals surface area contributed by atoms with Crippen molar-refractivity contribution in [1.29, 1.82) is 0 Å². The lowest BCUT2D eigenvalue weighted by Gasteiger charge is -2.34. The van der Waals surface area contributed by atoms with Gasteiger partial charge >= 0.3 is 0 Å². The maximum atomic E-state index is 5.10. The van der Waals surface area contributed by atoms with Gasteiger partial charge in [-0.2, -0.15) is 0 Å². The fraction of sp³-hybridized carbons (Fsp3) is 0.700. The molecule has 0 amide bonds. The van der Waals surface area contributed by atoms with E-state index in [0.717, 1.165) is 70.6 Å². The summed E-state index contributed by atoms with van der Waals surface area (Å²) in [7, 11) is 7.85. The number of pyridine rings is 1. The number of halogens is 1. The number of hydrogen-bond acceptors (Lipinski definition) is 6. The van der Waals surface area contributed by atoms with Crippen molar-refractivity contribution in [3.05, 3.63) is 23.9 Å². The van der Waals surface area contributed by atoms with Crippen LogP contribution in [0.2, 0.25) is 0 Å². The first-order chi connectivity index (χ1) is 13.6. The Morgan fingerprint density at radius 1 is 1.24 bits per heavy atom. The number of ether oxygens (including phenoxy) is 1. The van der Waals surface area contributed by atoms with Gasteiger partial charge in [-0.25, -0.2) is 4.98 Å². The molecule has 0 unspecified atom stereocenters. The number of piperazine rings is 1. The normalized spacial score (nSPS) is 15.3. The summed E-state index contributed by atoms with van der Waals surface area (Å²) in [5, 5.41) is 6.81. The fourth-order valence-corrected chi connectivity index (χ4v) is 3.23. The number of likely N-dealkylation sites (N-methyl/N-ethyl adjacent to an activating group) is 2. The minimum atomic E-state index is 0.